The summed E-state index contributed by atoms with van der Waals surface area (Å²) in [5.41, 5.74) is 1.56. The van der Waals surface area contributed by atoms with Gasteiger partial charge in [-0.3, -0.25) is 4.79 Å². The average Bonchev–Trinajstić information content (AvgIpc) is 2.64. The van der Waals surface area contributed by atoms with Crippen molar-refractivity contribution in [3.05, 3.63) is 59.1 Å². The number of hydrogen-bond donors (Lipinski definition) is 2. The molecule has 6 nitrogen and oxygen atoms in total. The summed E-state index contributed by atoms with van der Waals surface area (Å²) < 4.78 is 26.8. The Kier molecular flexibility index (Phi) is 8.00. The van der Waals surface area contributed by atoms with Gasteiger partial charge in [-0.15, -0.1) is 0 Å². The van der Waals surface area contributed by atoms with Gasteiger partial charge in [0.25, 0.3) is 5.91 Å². The van der Waals surface area contributed by atoms with E-state index in [9.17, 15) is 13.2 Å². The maximum absolute atomic E-state index is 12.8. The van der Waals surface area contributed by atoms with Crippen LogP contribution in [0.15, 0.2) is 53.4 Å². The van der Waals surface area contributed by atoms with Crippen LogP contribution in [0, 0.1) is 0 Å². The minimum absolute atomic E-state index is 0.000605. The molecule has 0 aliphatic heterocycles. The Bertz CT molecular complexity index is 900. The van der Waals surface area contributed by atoms with Gasteiger partial charge >= 0.3 is 0 Å². The van der Waals surface area contributed by atoms with Crippen molar-refractivity contribution in [2.75, 3.05) is 32.0 Å². The lowest BCUT2D eigenvalue weighted by Gasteiger charge is -2.20. The number of sulfonamides is 1. The molecule has 1 amide bonds. The summed E-state index contributed by atoms with van der Waals surface area (Å²) in [6.07, 6.45) is 0. The molecule has 0 radical (unpaired) electrons. The van der Waals surface area contributed by atoms with Gasteiger partial charge in [0.05, 0.1) is 12.1 Å². The smallest absolute Gasteiger partial charge is 0.279 e. The highest BCUT2D eigenvalue weighted by molar-refractivity contribution is 7.89. The number of hydrogen-bond acceptors (Lipinski definition) is 3. The lowest BCUT2D eigenvalue weighted by atomic mass is 10.2. The van der Waals surface area contributed by atoms with E-state index in [1.807, 2.05) is 37.4 Å². The highest BCUT2D eigenvalue weighted by atomic mass is 35.5. The van der Waals surface area contributed by atoms with E-state index in [-0.39, 0.29) is 22.4 Å². The standard InChI is InChI=1S/C20H26ClN3O3S/c1-4-24(5-2)28(26,27)19-13-17(11-12-18(19)21)22-20(25)15-23(3)14-16-9-7-6-8-10-16/h6-13H,4-5,14-15H2,1-3H3,(H,22,25)/p+1. The van der Waals surface area contributed by atoms with Crippen molar-refractivity contribution in [3.8, 4) is 0 Å². The van der Waals surface area contributed by atoms with Gasteiger partial charge in [0.15, 0.2) is 6.54 Å². The number of nitrogens with zero attached hydrogens (tertiary/aromatic N) is 1. The molecular formula is C20H27ClN3O3S+. The van der Waals surface area contributed by atoms with E-state index >= 15 is 0 Å². The van der Waals surface area contributed by atoms with Crippen LogP contribution in [-0.2, 0) is 21.4 Å². The van der Waals surface area contributed by atoms with Crippen LogP contribution in [-0.4, -0.2) is 45.3 Å². The maximum atomic E-state index is 12.8. The summed E-state index contributed by atoms with van der Waals surface area (Å²) in [5, 5.41) is 2.91. The van der Waals surface area contributed by atoms with Crippen molar-refractivity contribution in [1.82, 2.24) is 4.31 Å². The zero-order valence-corrected chi connectivity index (χ0v) is 18.0. The van der Waals surface area contributed by atoms with Gasteiger partial charge in [0, 0.05) is 24.3 Å². The number of halogens is 1. The molecule has 2 aromatic carbocycles. The molecule has 1 unspecified atom stereocenters. The Morgan fingerprint density at radius 3 is 2.36 bits per heavy atom. The van der Waals surface area contributed by atoms with E-state index in [1.54, 1.807) is 19.9 Å². The number of rotatable bonds is 9. The molecule has 0 saturated carbocycles. The van der Waals surface area contributed by atoms with Gasteiger partial charge in [-0.1, -0.05) is 55.8 Å². The SMILES string of the molecule is CCN(CC)S(=O)(=O)c1cc(NC(=O)C[NH+](C)Cc2ccccc2)ccc1Cl. The van der Waals surface area contributed by atoms with Crippen molar-refractivity contribution in [3.63, 3.8) is 0 Å². The number of anilines is 1. The van der Waals surface area contributed by atoms with Crippen LogP contribution in [0.2, 0.25) is 5.02 Å². The Morgan fingerprint density at radius 1 is 1.11 bits per heavy atom. The number of carbonyl (C=O) groups excluding carboxylic acids is 1. The van der Waals surface area contributed by atoms with Crippen molar-refractivity contribution in [2.24, 2.45) is 0 Å². The molecule has 0 spiro atoms. The second-order valence-corrected chi connectivity index (χ2v) is 8.89. The molecule has 8 heteroatoms. The highest BCUT2D eigenvalue weighted by Gasteiger charge is 2.25. The van der Waals surface area contributed by atoms with Crippen molar-refractivity contribution in [2.45, 2.75) is 25.3 Å². The Hall–Kier alpha value is -1.93. The lowest BCUT2D eigenvalue weighted by molar-refractivity contribution is -0.885. The molecule has 0 aliphatic rings. The van der Waals surface area contributed by atoms with E-state index in [0.717, 1.165) is 17.0 Å². The summed E-state index contributed by atoms with van der Waals surface area (Å²) in [6, 6.07) is 14.4. The third-order valence-corrected chi connectivity index (χ3v) is 6.88. The Morgan fingerprint density at radius 2 is 1.75 bits per heavy atom. The molecule has 2 N–H and O–H groups in total. The molecule has 0 bridgehead atoms. The topological polar surface area (TPSA) is 70.9 Å². The fourth-order valence-corrected chi connectivity index (χ4v) is 4.93. The van der Waals surface area contributed by atoms with Crippen LogP contribution in [0.25, 0.3) is 0 Å². The Balaban J connectivity index is 2.09. The summed E-state index contributed by atoms with van der Waals surface area (Å²) in [5.74, 6) is -0.193. The molecule has 0 aromatic heterocycles. The number of quaternary nitrogens is 1. The van der Waals surface area contributed by atoms with Crippen LogP contribution in [0.4, 0.5) is 5.69 Å². The van der Waals surface area contributed by atoms with Crippen LogP contribution >= 0.6 is 11.6 Å². The van der Waals surface area contributed by atoms with Gasteiger partial charge in [-0.05, 0) is 18.2 Å². The summed E-state index contributed by atoms with van der Waals surface area (Å²) in [4.78, 5) is 13.4. The average molecular weight is 425 g/mol. The lowest BCUT2D eigenvalue weighted by Crippen LogP contribution is -3.08. The molecule has 28 heavy (non-hydrogen) atoms. The molecule has 0 fully saturated rings. The van der Waals surface area contributed by atoms with Gasteiger partial charge in [0.2, 0.25) is 10.0 Å². The van der Waals surface area contributed by atoms with E-state index in [1.165, 1.54) is 16.4 Å². The first-order chi connectivity index (χ1) is 13.3. The van der Waals surface area contributed by atoms with Crippen molar-refractivity contribution >= 4 is 33.2 Å². The molecule has 2 rings (SSSR count). The van der Waals surface area contributed by atoms with E-state index in [2.05, 4.69) is 5.32 Å². The van der Waals surface area contributed by atoms with Gasteiger partial charge in [-0.2, -0.15) is 4.31 Å². The minimum Gasteiger partial charge on any atom is -0.326 e. The summed E-state index contributed by atoms with van der Waals surface area (Å²) in [6.45, 7) is 5.21. The van der Waals surface area contributed by atoms with Crippen molar-refractivity contribution in [1.29, 1.82) is 0 Å². The second-order valence-electron chi connectivity index (χ2n) is 6.58. The molecule has 2 aromatic rings. The third kappa shape index (κ3) is 5.78. The molecule has 0 saturated heterocycles. The molecule has 152 valence electrons. The van der Waals surface area contributed by atoms with Crippen molar-refractivity contribution < 1.29 is 18.1 Å². The number of nitrogens with one attached hydrogen (secondary N) is 2. The number of amides is 1. The van der Waals surface area contributed by atoms with Crippen LogP contribution in [0.1, 0.15) is 19.4 Å². The highest BCUT2D eigenvalue weighted by Crippen LogP contribution is 2.27. The minimum atomic E-state index is -3.71. The first-order valence-electron chi connectivity index (χ1n) is 9.22. The second kappa shape index (κ2) is 10.0. The predicted octanol–water partition coefficient (Wildman–Crippen LogP) is 2.02. The number of carbonyl (C=O) groups is 1. The van der Waals surface area contributed by atoms with E-state index in [4.69, 9.17) is 11.6 Å². The first-order valence-corrected chi connectivity index (χ1v) is 11.0. The Labute approximate surface area is 172 Å². The van der Waals surface area contributed by atoms with E-state index < -0.39 is 10.0 Å². The quantitative estimate of drug-likeness (QED) is 0.647. The first kappa shape index (κ1) is 22.4. The molecule has 1 atom stereocenters. The predicted molar refractivity (Wildman–Crippen MR) is 112 cm³/mol. The molecule has 0 aliphatic carbocycles. The van der Waals surface area contributed by atoms with Gasteiger partial charge < -0.3 is 10.2 Å². The largest absolute Gasteiger partial charge is 0.326 e. The third-order valence-electron chi connectivity index (χ3n) is 4.35. The van der Waals surface area contributed by atoms with Gasteiger partial charge in [0.1, 0.15) is 11.4 Å². The monoisotopic (exact) mass is 424 g/mol. The summed E-state index contributed by atoms with van der Waals surface area (Å²) in [7, 11) is -1.77. The number of likely N-dealkylation sites (N-methyl/N-ethyl adjacent to an activating group) is 1. The molecular weight excluding hydrogens is 398 g/mol. The maximum Gasteiger partial charge on any atom is 0.279 e. The van der Waals surface area contributed by atoms with Crippen LogP contribution in [0.5, 0.6) is 0 Å². The number of benzene rings is 2. The zero-order chi connectivity index (χ0) is 20.7. The molecule has 0 heterocycles. The van der Waals surface area contributed by atoms with E-state index in [0.29, 0.717) is 18.8 Å². The van der Waals surface area contributed by atoms with Crippen LogP contribution in [0.3, 0.4) is 0 Å². The fraction of sp³-hybridized carbons (Fsp3) is 0.350. The summed E-state index contributed by atoms with van der Waals surface area (Å²) >= 11 is 6.13. The fourth-order valence-electron chi connectivity index (χ4n) is 2.97. The van der Waals surface area contributed by atoms with Crippen LogP contribution < -0.4 is 10.2 Å². The normalized spacial score (nSPS) is 12.8. The van der Waals surface area contributed by atoms with Gasteiger partial charge in [-0.25, -0.2) is 8.42 Å². The zero-order valence-electron chi connectivity index (χ0n) is 16.4.